The smallest absolute Gasteiger partial charge is 0.225 e. The van der Waals surface area contributed by atoms with Crippen molar-refractivity contribution in [1.82, 2.24) is 14.9 Å². The molecule has 0 unspecified atom stereocenters. The van der Waals surface area contributed by atoms with E-state index in [0.29, 0.717) is 5.75 Å². The van der Waals surface area contributed by atoms with Gasteiger partial charge in [0.2, 0.25) is 5.95 Å². The van der Waals surface area contributed by atoms with Crippen LogP contribution in [0.2, 0.25) is 0 Å². The number of rotatable bonds is 5. The second-order valence-corrected chi connectivity index (χ2v) is 4.30. The Labute approximate surface area is 108 Å². The van der Waals surface area contributed by atoms with Crippen LogP contribution in [0.25, 0.3) is 0 Å². The number of hydrogen-bond acceptors (Lipinski definition) is 6. The molecular formula is C12H20N4O2. The summed E-state index contributed by atoms with van der Waals surface area (Å²) < 4.78 is 10.4. The number of likely N-dealkylation sites (N-methyl/N-ethyl adjacent to an activating group) is 1. The molecule has 0 spiro atoms. The van der Waals surface area contributed by atoms with E-state index in [1.165, 1.54) is 0 Å². The summed E-state index contributed by atoms with van der Waals surface area (Å²) >= 11 is 0. The van der Waals surface area contributed by atoms with E-state index in [1.54, 1.807) is 19.5 Å². The summed E-state index contributed by atoms with van der Waals surface area (Å²) in [6.07, 6.45) is 3.38. The molecule has 6 nitrogen and oxygen atoms in total. The zero-order valence-corrected chi connectivity index (χ0v) is 11.0. The molecule has 0 saturated carbocycles. The molecule has 100 valence electrons. The molecule has 1 saturated heterocycles. The van der Waals surface area contributed by atoms with Crippen LogP contribution in [0.3, 0.4) is 0 Å². The van der Waals surface area contributed by atoms with Crippen molar-refractivity contribution in [2.75, 3.05) is 58.5 Å². The highest BCUT2D eigenvalue weighted by atomic mass is 16.5. The minimum atomic E-state index is 0.681. The molecule has 0 amide bonds. The summed E-state index contributed by atoms with van der Waals surface area (Å²) in [4.78, 5) is 13.0. The van der Waals surface area contributed by atoms with Crippen molar-refractivity contribution in [2.24, 2.45) is 0 Å². The van der Waals surface area contributed by atoms with Gasteiger partial charge in [-0.3, -0.25) is 4.90 Å². The number of anilines is 1. The average Bonchev–Trinajstić information content (AvgIpc) is 2.46. The Morgan fingerprint density at radius 1 is 1.33 bits per heavy atom. The third-order valence-corrected chi connectivity index (χ3v) is 3.05. The normalized spacial score (nSPS) is 16.6. The third-order valence-electron chi connectivity index (χ3n) is 3.05. The van der Waals surface area contributed by atoms with Gasteiger partial charge in [0.1, 0.15) is 0 Å². The molecule has 2 heterocycles. The van der Waals surface area contributed by atoms with E-state index in [0.717, 1.165) is 45.3 Å². The number of ether oxygens (including phenoxy) is 2. The lowest BCUT2D eigenvalue weighted by atomic mass is 10.4. The highest BCUT2D eigenvalue weighted by molar-refractivity contribution is 5.29. The van der Waals surface area contributed by atoms with Crippen LogP contribution in [0.15, 0.2) is 12.4 Å². The van der Waals surface area contributed by atoms with Gasteiger partial charge >= 0.3 is 0 Å². The highest BCUT2D eigenvalue weighted by Crippen LogP contribution is 2.10. The first-order valence-corrected chi connectivity index (χ1v) is 6.17. The predicted octanol–water partition coefficient (Wildman–Crippen LogP) is 0.254. The quantitative estimate of drug-likeness (QED) is 0.749. The third kappa shape index (κ3) is 3.54. The Kier molecular flexibility index (Phi) is 4.72. The summed E-state index contributed by atoms with van der Waals surface area (Å²) in [7, 11) is 3.61. The van der Waals surface area contributed by atoms with Gasteiger partial charge in [-0.2, -0.15) is 0 Å². The van der Waals surface area contributed by atoms with Gasteiger partial charge in [0, 0.05) is 33.2 Å². The Hall–Kier alpha value is -1.40. The maximum Gasteiger partial charge on any atom is 0.225 e. The van der Waals surface area contributed by atoms with Crippen molar-refractivity contribution in [1.29, 1.82) is 0 Å². The zero-order chi connectivity index (χ0) is 12.8. The van der Waals surface area contributed by atoms with Crippen LogP contribution in [0, 0.1) is 0 Å². The molecule has 0 aromatic carbocycles. The van der Waals surface area contributed by atoms with Gasteiger partial charge in [-0.05, 0) is 0 Å². The fourth-order valence-corrected chi connectivity index (χ4v) is 1.83. The Morgan fingerprint density at radius 2 is 2.00 bits per heavy atom. The summed E-state index contributed by atoms with van der Waals surface area (Å²) in [5, 5.41) is 0. The minimum Gasteiger partial charge on any atom is -0.494 e. The van der Waals surface area contributed by atoms with Gasteiger partial charge in [-0.25, -0.2) is 9.97 Å². The van der Waals surface area contributed by atoms with Crippen LogP contribution in [0.5, 0.6) is 5.75 Å². The Balaban J connectivity index is 1.80. The first kappa shape index (κ1) is 13.0. The number of methoxy groups -OCH3 is 1. The van der Waals surface area contributed by atoms with Crippen LogP contribution >= 0.6 is 0 Å². The van der Waals surface area contributed by atoms with Crippen LogP contribution in [0.4, 0.5) is 5.95 Å². The molecule has 1 aliphatic heterocycles. The molecule has 18 heavy (non-hydrogen) atoms. The number of morpholine rings is 1. The number of nitrogens with zero attached hydrogens (tertiary/aromatic N) is 4. The summed E-state index contributed by atoms with van der Waals surface area (Å²) in [5.41, 5.74) is 0. The van der Waals surface area contributed by atoms with Crippen molar-refractivity contribution in [3.8, 4) is 5.75 Å². The fraction of sp³-hybridized carbons (Fsp3) is 0.667. The Morgan fingerprint density at radius 3 is 2.61 bits per heavy atom. The molecule has 1 aliphatic rings. The van der Waals surface area contributed by atoms with E-state index in [-0.39, 0.29) is 0 Å². The topological polar surface area (TPSA) is 50.7 Å². The van der Waals surface area contributed by atoms with Crippen molar-refractivity contribution in [2.45, 2.75) is 0 Å². The van der Waals surface area contributed by atoms with Gasteiger partial charge in [-0.15, -0.1) is 0 Å². The molecule has 0 N–H and O–H groups in total. The van der Waals surface area contributed by atoms with Gasteiger partial charge in [0.05, 0.1) is 32.7 Å². The number of aromatic nitrogens is 2. The summed E-state index contributed by atoms with van der Waals surface area (Å²) in [5.74, 6) is 1.41. The lowest BCUT2D eigenvalue weighted by Crippen LogP contribution is -2.41. The van der Waals surface area contributed by atoms with Crippen molar-refractivity contribution in [3.63, 3.8) is 0 Å². The minimum absolute atomic E-state index is 0.681. The first-order valence-electron chi connectivity index (χ1n) is 6.17. The van der Waals surface area contributed by atoms with Gasteiger partial charge in [0.25, 0.3) is 0 Å². The van der Waals surface area contributed by atoms with Gasteiger partial charge < -0.3 is 14.4 Å². The molecule has 1 aromatic heterocycles. The molecular weight excluding hydrogens is 232 g/mol. The molecule has 0 atom stereocenters. The molecule has 2 rings (SSSR count). The second kappa shape index (κ2) is 6.51. The van der Waals surface area contributed by atoms with E-state index in [1.807, 2.05) is 7.05 Å². The van der Waals surface area contributed by atoms with E-state index in [4.69, 9.17) is 9.47 Å². The first-order chi connectivity index (χ1) is 8.79. The molecule has 0 radical (unpaired) electrons. The van der Waals surface area contributed by atoms with E-state index in [2.05, 4.69) is 19.8 Å². The molecule has 1 fully saturated rings. The van der Waals surface area contributed by atoms with Crippen molar-refractivity contribution >= 4 is 5.95 Å². The number of hydrogen-bond donors (Lipinski definition) is 0. The van der Waals surface area contributed by atoms with E-state index in [9.17, 15) is 0 Å². The van der Waals surface area contributed by atoms with E-state index < -0.39 is 0 Å². The van der Waals surface area contributed by atoms with Crippen molar-refractivity contribution < 1.29 is 9.47 Å². The lowest BCUT2D eigenvalue weighted by Gasteiger charge is -2.28. The molecule has 0 aliphatic carbocycles. The lowest BCUT2D eigenvalue weighted by molar-refractivity contribution is 0.0392. The fourth-order valence-electron chi connectivity index (χ4n) is 1.83. The van der Waals surface area contributed by atoms with Crippen LogP contribution in [-0.2, 0) is 4.74 Å². The molecule has 1 aromatic rings. The molecule has 6 heteroatoms. The predicted molar refractivity (Wildman–Crippen MR) is 69.1 cm³/mol. The monoisotopic (exact) mass is 252 g/mol. The highest BCUT2D eigenvalue weighted by Gasteiger charge is 2.11. The maximum absolute atomic E-state index is 5.32. The second-order valence-electron chi connectivity index (χ2n) is 4.30. The van der Waals surface area contributed by atoms with Crippen molar-refractivity contribution in [3.05, 3.63) is 12.4 Å². The largest absolute Gasteiger partial charge is 0.494 e. The maximum atomic E-state index is 5.32. The summed E-state index contributed by atoms with van der Waals surface area (Å²) in [6.45, 7) is 5.61. The van der Waals surface area contributed by atoms with Crippen LogP contribution in [-0.4, -0.2) is 68.4 Å². The Bertz CT molecular complexity index is 352. The standard InChI is InChI=1S/C12H20N4O2/c1-15(3-4-16-5-7-18-8-6-16)12-13-9-11(17-2)10-14-12/h9-10H,3-8H2,1-2H3. The van der Waals surface area contributed by atoms with Crippen LogP contribution in [0.1, 0.15) is 0 Å². The SMILES string of the molecule is COc1cnc(N(C)CCN2CCOCC2)nc1. The van der Waals surface area contributed by atoms with Gasteiger partial charge in [0.15, 0.2) is 5.75 Å². The summed E-state index contributed by atoms with van der Waals surface area (Å²) in [6, 6.07) is 0. The zero-order valence-electron chi connectivity index (χ0n) is 11.0. The van der Waals surface area contributed by atoms with Crippen LogP contribution < -0.4 is 9.64 Å². The van der Waals surface area contributed by atoms with E-state index >= 15 is 0 Å². The average molecular weight is 252 g/mol. The molecule has 0 bridgehead atoms. The van der Waals surface area contributed by atoms with Gasteiger partial charge in [-0.1, -0.05) is 0 Å².